The molecule has 1 fully saturated rings. The van der Waals surface area contributed by atoms with Gasteiger partial charge in [0.25, 0.3) is 5.91 Å². The third kappa shape index (κ3) is 3.70. The molecule has 1 aromatic carbocycles. The van der Waals surface area contributed by atoms with Crippen LogP contribution in [0.4, 0.5) is 0 Å². The molecule has 2 rings (SSSR count). The SMILES string of the molecule is Cc1ccc(OC(C)C(=O)NC2CC2)c([C@H](C)N)c1. The number of hydrogen-bond donors (Lipinski definition) is 2. The van der Waals surface area contributed by atoms with E-state index in [-0.39, 0.29) is 11.9 Å². The van der Waals surface area contributed by atoms with Gasteiger partial charge in [0, 0.05) is 17.6 Å². The Morgan fingerprint density at radius 2 is 2.11 bits per heavy atom. The molecular formula is C15H22N2O2. The van der Waals surface area contributed by atoms with Crippen LogP contribution in [0.25, 0.3) is 0 Å². The monoisotopic (exact) mass is 262 g/mol. The lowest BCUT2D eigenvalue weighted by Crippen LogP contribution is -2.37. The first-order valence-electron chi connectivity index (χ1n) is 6.80. The Balaban J connectivity index is 2.06. The molecule has 4 nitrogen and oxygen atoms in total. The molecule has 0 heterocycles. The third-order valence-corrected chi connectivity index (χ3v) is 3.25. The first-order valence-corrected chi connectivity index (χ1v) is 6.80. The number of aryl methyl sites for hydroxylation is 1. The maximum Gasteiger partial charge on any atom is 0.260 e. The minimum Gasteiger partial charge on any atom is -0.481 e. The van der Waals surface area contributed by atoms with Crippen LogP contribution in [0.3, 0.4) is 0 Å². The summed E-state index contributed by atoms with van der Waals surface area (Å²) in [6.07, 6.45) is 1.66. The molecule has 0 bridgehead atoms. The van der Waals surface area contributed by atoms with Gasteiger partial charge in [-0.15, -0.1) is 0 Å². The molecule has 1 aromatic rings. The fourth-order valence-electron chi connectivity index (χ4n) is 1.92. The topological polar surface area (TPSA) is 64.3 Å². The van der Waals surface area contributed by atoms with Crippen LogP contribution in [0.1, 0.15) is 43.9 Å². The van der Waals surface area contributed by atoms with Crippen molar-refractivity contribution in [3.05, 3.63) is 29.3 Å². The van der Waals surface area contributed by atoms with E-state index in [4.69, 9.17) is 10.5 Å². The number of hydrogen-bond acceptors (Lipinski definition) is 3. The van der Waals surface area contributed by atoms with Crippen LogP contribution in [0.2, 0.25) is 0 Å². The normalized spacial score (nSPS) is 17.7. The first kappa shape index (κ1) is 13.9. The Bertz CT molecular complexity index is 467. The predicted octanol–water partition coefficient (Wildman–Crippen LogP) is 2.06. The second kappa shape index (κ2) is 5.61. The lowest BCUT2D eigenvalue weighted by molar-refractivity contribution is -0.127. The average Bonchev–Trinajstić information content (AvgIpc) is 3.14. The highest BCUT2D eigenvalue weighted by atomic mass is 16.5. The van der Waals surface area contributed by atoms with Gasteiger partial charge in [0.1, 0.15) is 5.75 Å². The van der Waals surface area contributed by atoms with Crippen molar-refractivity contribution in [1.29, 1.82) is 0 Å². The van der Waals surface area contributed by atoms with Crippen LogP contribution in [-0.4, -0.2) is 18.1 Å². The summed E-state index contributed by atoms with van der Waals surface area (Å²) in [5.74, 6) is 0.637. The Hall–Kier alpha value is -1.55. The summed E-state index contributed by atoms with van der Waals surface area (Å²) >= 11 is 0. The summed E-state index contributed by atoms with van der Waals surface area (Å²) in [7, 11) is 0. The maximum atomic E-state index is 11.9. The fourth-order valence-corrected chi connectivity index (χ4v) is 1.92. The highest BCUT2D eigenvalue weighted by molar-refractivity contribution is 5.81. The van der Waals surface area contributed by atoms with E-state index in [0.717, 1.165) is 24.0 Å². The van der Waals surface area contributed by atoms with Crippen LogP contribution >= 0.6 is 0 Å². The van der Waals surface area contributed by atoms with E-state index in [0.29, 0.717) is 11.8 Å². The molecule has 0 saturated heterocycles. The zero-order valence-electron chi connectivity index (χ0n) is 11.8. The molecular weight excluding hydrogens is 240 g/mol. The van der Waals surface area contributed by atoms with Crippen LogP contribution in [0, 0.1) is 6.92 Å². The Kier molecular flexibility index (Phi) is 4.10. The number of nitrogens with one attached hydrogen (secondary N) is 1. The Morgan fingerprint density at radius 3 is 2.68 bits per heavy atom. The summed E-state index contributed by atoms with van der Waals surface area (Å²) in [5, 5.41) is 2.94. The highest BCUT2D eigenvalue weighted by Gasteiger charge is 2.26. The van der Waals surface area contributed by atoms with Crippen molar-refractivity contribution in [3.63, 3.8) is 0 Å². The number of amides is 1. The van der Waals surface area contributed by atoms with Crippen molar-refractivity contribution in [2.45, 2.75) is 51.8 Å². The largest absolute Gasteiger partial charge is 0.481 e. The molecule has 1 saturated carbocycles. The van der Waals surface area contributed by atoms with Gasteiger partial charge in [-0.25, -0.2) is 0 Å². The molecule has 1 unspecified atom stereocenters. The second-order valence-electron chi connectivity index (χ2n) is 5.37. The van der Waals surface area contributed by atoms with Gasteiger partial charge in [0.2, 0.25) is 0 Å². The minimum atomic E-state index is -0.499. The van der Waals surface area contributed by atoms with E-state index in [1.54, 1.807) is 6.92 Å². The van der Waals surface area contributed by atoms with Crippen LogP contribution < -0.4 is 15.8 Å². The van der Waals surface area contributed by atoms with Crippen molar-refractivity contribution in [3.8, 4) is 5.75 Å². The molecule has 4 heteroatoms. The minimum absolute atomic E-state index is 0.0568. The number of benzene rings is 1. The first-order chi connectivity index (χ1) is 8.97. The number of nitrogens with two attached hydrogens (primary N) is 1. The molecule has 1 aliphatic rings. The number of carbonyl (C=O) groups excluding carboxylic acids is 1. The Morgan fingerprint density at radius 1 is 1.42 bits per heavy atom. The molecule has 19 heavy (non-hydrogen) atoms. The van der Waals surface area contributed by atoms with Crippen molar-refractivity contribution in [2.75, 3.05) is 0 Å². The molecule has 2 atom stereocenters. The van der Waals surface area contributed by atoms with Crippen molar-refractivity contribution < 1.29 is 9.53 Å². The van der Waals surface area contributed by atoms with Crippen molar-refractivity contribution in [2.24, 2.45) is 5.73 Å². The van der Waals surface area contributed by atoms with Gasteiger partial charge < -0.3 is 15.8 Å². The smallest absolute Gasteiger partial charge is 0.260 e. The summed E-state index contributed by atoms with van der Waals surface area (Å²) in [6, 6.07) is 6.09. The molecule has 0 spiro atoms. The lowest BCUT2D eigenvalue weighted by atomic mass is 10.1. The standard InChI is InChI=1S/C15H22N2O2/c1-9-4-7-14(13(8-9)10(2)16)19-11(3)15(18)17-12-5-6-12/h4,7-8,10-12H,5-6,16H2,1-3H3,(H,17,18)/t10-,11?/m0/s1. The maximum absolute atomic E-state index is 11.9. The molecule has 3 N–H and O–H groups in total. The van der Waals surface area contributed by atoms with Gasteiger partial charge in [-0.05, 0) is 39.7 Å². The van der Waals surface area contributed by atoms with Gasteiger partial charge in [0.05, 0.1) is 0 Å². The van der Waals surface area contributed by atoms with Gasteiger partial charge in [-0.1, -0.05) is 17.7 Å². The summed E-state index contributed by atoms with van der Waals surface area (Å²) < 4.78 is 5.76. The van der Waals surface area contributed by atoms with E-state index >= 15 is 0 Å². The van der Waals surface area contributed by atoms with E-state index in [2.05, 4.69) is 5.32 Å². The van der Waals surface area contributed by atoms with Crippen molar-refractivity contribution >= 4 is 5.91 Å². The van der Waals surface area contributed by atoms with Gasteiger partial charge in [0.15, 0.2) is 6.10 Å². The second-order valence-corrected chi connectivity index (χ2v) is 5.37. The molecule has 104 valence electrons. The van der Waals surface area contributed by atoms with Crippen LogP contribution in [-0.2, 0) is 4.79 Å². The summed E-state index contributed by atoms with van der Waals surface area (Å²) in [6.45, 7) is 5.69. The summed E-state index contributed by atoms with van der Waals surface area (Å²) in [5.41, 5.74) is 8.02. The number of rotatable bonds is 5. The van der Waals surface area contributed by atoms with E-state index < -0.39 is 6.10 Å². The molecule has 0 aromatic heterocycles. The molecule has 1 aliphatic carbocycles. The quantitative estimate of drug-likeness (QED) is 0.853. The molecule has 0 aliphatic heterocycles. The van der Waals surface area contributed by atoms with Crippen molar-refractivity contribution in [1.82, 2.24) is 5.32 Å². The molecule has 1 amide bonds. The number of carbonyl (C=O) groups is 1. The zero-order chi connectivity index (χ0) is 14.0. The molecule has 0 radical (unpaired) electrons. The van der Waals surface area contributed by atoms with Gasteiger partial charge in [-0.3, -0.25) is 4.79 Å². The number of ether oxygens (including phenoxy) is 1. The van der Waals surface area contributed by atoms with Gasteiger partial charge >= 0.3 is 0 Å². The highest BCUT2D eigenvalue weighted by Crippen LogP contribution is 2.26. The Labute approximate surface area is 114 Å². The average molecular weight is 262 g/mol. The van der Waals surface area contributed by atoms with Crippen LogP contribution in [0.5, 0.6) is 5.75 Å². The lowest BCUT2D eigenvalue weighted by Gasteiger charge is -2.19. The fraction of sp³-hybridized carbons (Fsp3) is 0.533. The summed E-state index contributed by atoms with van der Waals surface area (Å²) in [4.78, 5) is 11.9. The third-order valence-electron chi connectivity index (χ3n) is 3.25. The predicted molar refractivity (Wildman–Crippen MR) is 75.0 cm³/mol. The van der Waals surface area contributed by atoms with E-state index in [1.165, 1.54) is 0 Å². The zero-order valence-corrected chi connectivity index (χ0v) is 11.8. The van der Waals surface area contributed by atoms with Crippen LogP contribution in [0.15, 0.2) is 18.2 Å². The van der Waals surface area contributed by atoms with Gasteiger partial charge in [-0.2, -0.15) is 0 Å². The van der Waals surface area contributed by atoms with E-state index in [1.807, 2.05) is 32.0 Å². The van der Waals surface area contributed by atoms with E-state index in [9.17, 15) is 4.79 Å².